The molecule has 29 heavy (non-hydrogen) atoms. The van der Waals surface area contributed by atoms with Crippen LogP contribution in [0.1, 0.15) is 21.6 Å². The van der Waals surface area contributed by atoms with Crippen molar-refractivity contribution in [3.05, 3.63) is 71.9 Å². The van der Waals surface area contributed by atoms with Crippen LogP contribution in [0.2, 0.25) is 0 Å². The number of rotatable bonds is 3. The third kappa shape index (κ3) is 3.51. The van der Waals surface area contributed by atoms with Crippen LogP contribution in [0.4, 0.5) is 19.0 Å². The number of halogens is 3. The fraction of sp³-hybridized carbons (Fsp3) is 0.105. The summed E-state index contributed by atoms with van der Waals surface area (Å²) >= 11 is 0. The van der Waals surface area contributed by atoms with Gasteiger partial charge in [0, 0.05) is 18.0 Å². The third-order valence-corrected chi connectivity index (χ3v) is 4.20. The Morgan fingerprint density at radius 1 is 1.10 bits per heavy atom. The zero-order valence-corrected chi connectivity index (χ0v) is 15.0. The number of benzene rings is 1. The number of nitrogens with one attached hydrogen (secondary N) is 1. The van der Waals surface area contributed by atoms with E-state index in [0.717, 1.165) is 6.07 Å². The van der Waals surface area contributed by atoms with E-state index in [1.54, 1.807) is 6.92 Å². The van der Waals surface area contributed by atoms with Gasteiger partial charge in [0.15, 0.2) is 17.2 Å². The largest absolute Gasteiger partial charge is 0.417 e. The van der Waals surface area contributed by atoms with E-state index in [2.05, 4.69) is 25.4 Å². The second-order valence-corrected chi connectivity index (χ2v) is 6.18. The number of carbonyl (C=O) groups is 1. The molecular formula is C19H13F3N6O. The van der Waals surface area contributed by atoms with Crippen molar-refractivity contribution in [3.8, 4) is 11.3 Å². The molecule has 3 aromatic heterocycles. The van der Waals surface area contributed by atoms with Crippen molar-refractivity contribution in [2.45, 2.75) is 13.1 Å². The van der Waals surface area contributed by atoms with E-state index in [0.29, 0.717) is 11.2 Å². The van der Waals surface area contributed by atoms with Crippen molar-refractivity contribution in [2.24, 2.45) is 0 Å². The molecule has 0 aliphatic rings. The van der Waals surface area contributed by atoms with Crippen LogP contribution in [-0.4, -0.2) is 30.5 Å². The number of aryl methyl sites for hydroxylation is 1. The van der Waals surface area contributed by atoms with Crippen LogP contribution in [0.3, 0.4) is 0 Å². The Balaban J connectivity index is 1.82. The molecule has 0 aliphatic heterocycles. The summed E-state index contributed by atoms with van der Waals surface area (Å²) in [4.78, 5) is 24.6. The van der Waals surface area contributed by atoms with Crippen LogP contribution in [-0.2, 0) is 6.18 Å². The van der Waals surface area contributed by atoms with E-state index in [1.807, 2.05) is 0 Å². The van der Waals surface area contributed by atoms with Crippen molar-refractivity contribution in [1.29, 1.82) is 0 Å². The maximum absolute atomic E-state index is 13.4. The van der Waals surface area contributed by atoms with Gasteiger partial charge in [0.2, 0.25) is 0 Å². The van der Waals surface area contributed by atoms with E-state index in [9.17, 15) is 18.0 Å². The minimum Gasteiger partial charge on any atom is -0.304 e. The lowest BCUT2D eigenvalue weighted by atomic mass is 10.0. The lowest BCUT2D eigenvalue weighted by molar-refractivity contribution is -0.137. The first-order valence-corrected chi connectivity index (χ1v) is 8.44. The van der Waals surface area contributed by atoms with Gasteiger partial charge in [-0.05, 0) is 24.6 Å². The van der Waals surface area contributed by atoms with Crippen molar-refractivity contribution >= 4 is 17.4 Å². The molecule has 0 bridgehead atoms. The third-order valence-electron chi connectivity index (χ3n) is 4.20. The van der Waals surface area contributed by atoms with Gasteiger partial charge in [-0.15, -0.1) is 0 Å². The van der Waals surface area contributed by atoms with Crippen LogP contribution in [0.15, 0.2) is 55.1 Å². The molecule has 7 nitrogen and oxygen atoms in total. The number of imidazole rings is 1. The summed E-state index contributed by atoms with van der Waals surface area (Å²) in [5.74, 6) is -0.339. The summed E-state index contributed by atoms with van der Waals surface area (Å²) in [6.07, 6.45) is 1.01. The zero-order chi connectivity index (χ0) is 20.6. The molecule has 0 saturated carbocycles. The molecule has 1 aromatic carbocycles. The summed E-state index contributed by atoms with van der Waals surface area (Å²) in [5.41, 5.74) is 0.179. The Morgan fingerprint density at radius 3 is 2.62 bits per heavy atom. The van der Waals surface area contributed by atoms with Crippen LogP contribution in [0.25, 0.3) is 16.9 Å². The Kier molecular flexibility index (Phi) is 4.45. The van der Waals surface area contributed by atoms with Crippen LogP contribution >= 0.6 is 0 Å². The molecule has 1 N–H and O–H groups in total. The summed E-state index contributed by atoms with van der Waals surface area (Å²) < 4.78 is 41.5. The number of carbonyl (C=O) groups excluding carboxylic acids is 1. The fourth-order valence-corrected chi connectivity index (χ4v) is 2.91. The zero-order valence-electron chi connectivity index (χ0n) is 15.0. The molecule has 4 rings (SSSR count). The van der Waals surface area contributed by atoms with Crippen LogP contribution in [0, 0.1) is 6.92 Å². The van der Waals surface area contributed by atoms with Crippen LogP contribution < -0.4 is 5.32 Å². The average Bonchev–Trinajstić information content (AvgIpc) is 3.13. The summed E-state index contributed by atoms with van der Waals surface area (Å²) in [7, 11) is 0. The number of nitrogens with zero attached hydrogens (tertiary/aromatic N) is 5. The number of aromatic nitrogens is 5. The predicted molar refractivity (Wildman–Crippen MR) is 98.1 cm³/mol. The van der Waals surface area contributed by atoms with E-state index in [1.165, 1.54) is 53.6 Å². The number of alkyl halides is 3. The fourth-order valence-electron chi connectivity index (χ4n) is 2.91. The van der Waals surface area contributed by atoms with Crippen molar-refractivity contribution in [2.75, 3.05) is 5.32 Å². The summed E-state index contributed by atoms with van der Waals surface area (Å²) in [6, 6.07) is 6.66. The molecule has 0 fully saturated rings. The normalized spacial score (nSPS) is 11.6. The van der Waals surface area contributed by atoms with E-state index in [-0.39, 0.29) is 22.8 Å². The molecule has 0 saturated heterocycles. The van der Waals surface area contributed by atoms with Gasteiger partial charge in [-0.3, -0.25) is 9.78 Å². The van der Waals surface area contributed by atoms with E-state index >= 15 is 0 Å². The smallest absolute Gasteiger partial charge is 0.304 e. The Labute approximate surface area is 162 Å². The first kappa shape index (κ1) is 18.5. The lowest BCUT2D eigenvalue weighted by Crippen LogP contribution is -2.17. The van der Waals surface area contributed by atoms with Gasteiger partial charge in [-0.25, -0.2) is 14.5 Å². The molecule has 3 heterocycles. The molecule has 0 aliphatic carbocycles. The first-order chi connectivity index (χ1) is 13.8. The first-order valence-electron chi connectivity index (χ1n) is 8.44. The van der Waals surface area contributed by atoms with Gasteiger partial charge in [0.05, 0.1) is 23.7 Å². The van der Waals surface area contributed by atoms with Crippen molar-refractivity contribution in [1.82, 2.24) is 24.6 Å². The maximum atomic E-state index is 13.4. The SMILES string of the molecule is Cc1cc(-c2ccccc2C(F)(F)F)nn2c(C(=O)Nc3cnccn3)cnc12. The highest BCUT2D eigenvalue weighted by molar-refractivity contribution is 6.02. The molecule has 1 amide bonds. The predicted octanol–water partition coefficient (Wildman–Crippen LogP) is 3.77. The topological polar surface area (TPSA) is 85.1 Å². The number of amides is 1. The molecule has 10 heteroatoms. The summed E-state index contributed by atoms with van der Waals surface area (Å²) in [6.45, 7) is 1.69. The molecule has 146 valence electrons. The molecule has 0 atom stereocenters. The molecule has 0 unspecified atom stereocenters. The van der Waals surface area contributed by atoms with Gasteiger partial charge in [0.1, 0.15) is 0 Å². The monoisotopic (exact) mass is 398 g/mol. The maximum Gasteiger partial charge on any atom is 0.417 e. The van der Waals surface area contributed by atoms with E-state index in [4.69, 9.17) is 0 Å². The highest BCUT2D eigenvalue weighted by Gasteiger charge is 2.34. The van der Waals surface area contributed by atoms with Gasteiger partial charge in [-0.1, -0.05) is 18.2 Å². The molecule has 0 radical (unpaired) electrons. The number of hydrogen-bond donors (Lipinski definition) is 1. The minimum atomic E-state index is -4.54. The second kappa shape index (κ2) is 6.97. The Hall–Kier alpha value is -3.82. The average molecular weight is 398 g/mol. The Morgan fingerprint density at radius 2 is 1.90 bits per heavy atom. The van der Waals surface area contributed by atoms with Gasteiger partial charge < -0.3 is 5.32 Å². The quantitative estimate of drug-likeness (QED) is 0.568. The van der Waals surface area contributed by atoms with Gasteiger partial charge >= 0.3 is 6.18 Å². The van der Waals surface area contributed by atoms with Gasteiger partial charge in [0.25, 0.3) is 5.91 Å². The number of hydrogen-bond acceptors (Lipinski definition) is 5. The van der Waals surface area contributed by atoms with Crippen LogP contribution in [0.5, 0.6) is 0 Å². The second-order valence-electron chi connectivity index (χ2n) is 6.18. The summed E-state index contributed by atoms with van der Waals surface area (Å²) in [5, 5.41) is 6.82. The molecular weight excluding hydrogens is 385 g/mol. The Bertz CT molecular complexity index is 1200. The molecule has 4 aromatic rings. The van der Waals surface area contributed by atoms with Crippen molar-refractivity contribution < 1.29 is 18.0 Å². The van der Waals surface area contributed by atoms with Crippen molar-refractivity contribution in [3.63, 3.8) is 0 Å². The number of fused-ring (bicyclic) bond motifs is 1. The number of anilines is 1. The standard InChI is InChI=1S/C19H13F3N6O/c1-11-8-14(12-4-2-3-5-13(12)19(20,21)22)27-28-15(9-25-17(11)28)18(29)26-16-10-23-6-7-24-16/h2-10H,1H3,(H,24,26,29). The minimum absolute atomic E-state index is 0.0556. The van der Waals surface area contributed by atoms with E-state index < -0.39 is 17.6 Å². The molecule has 0 spiro atoms. The highest BCUT2D eigenvalue weighted by Crippen LogP contribution is 2.36. The van der Waals surface area contributed by atoms with Gasteiger partial charge in [-0.2, -0.15) is 18.3 Å². The lowest BCUT2D eigenvalue weighted by Gasteiger charge is -2.13. The highest BCUT2D eigenvalue weighted by atomic mass is 19.4.